The van der Waals surface area contributed by atoms with Crippen molar-refractivity contribution in [2.75, 3.05) is 5.75 Å². The summed E-state index contributed by atoms with van der Waals surface area (Å²) in [6.45, 7) is 1.75. The van der Waals surface area contributed by atoms with Gasteiger partial charge in [0.05, 0.1) is 21.8 Å². The second-order valence-electron chi connectivity index (χ2n) is 4.97. The van der Waals surface area contributed by atoms with Crippen LogP contribution in [0.4, 0.5) is 13.2 Å². The van der Waals surface area contributed by atoms with E-state index in [0.717, 1.165) is 29.6 Å². The van der Waals surface area contributed by atoms with Gasteiger partial charge in [0.15, 0.2) is 5.16 Å². The zero-order valence-electron chi connectivity index (χ0n) is 12.8. The minimum Gasteiger partial charge on any atom is -0.349 e. The molecule has 4 nitrogen and oxygen atoms in total. The van der Waals surface area contributed by atoms with Gasteiger partial charge in [0.25, 0.3) is 0 Å². The van der Waals surface area contributed by atoms with Gasteiger partial charge in [0.1, 0.15) is 5.69 Å². The first-order chi connectivity index (χ1) is 11.7. The number of nitrogens with one attached hydrogen (secondary N) is 1. The fraction of sp³-hybridized carbons (Fsp3) is 0.267. The predicted molar refractivity (Wildman–Crippen MR) is 90.8 cm³/mol. The normalized spacial score (nSPS) is 12.7. The van der Waals surface area contributed by atoms with Crippen LogP contribution in [-0.2, 0) is 11.0 Å². The van der Waals surface area contributed by atoms with Crippen molar-refractivity contribution in [3.8, 4) is 0 Å². The molecule has 1 heterocycles. The van der Waals surface area contributed by atoms with E-state index in [-0.39, 0.29) is 22.9 Å². The largest absolute Gasteiger partial charge is 0.433 e. The molecule has 0 spiro atoms. The summed E-state index contributed by atoms with van der Waals surface area (Å²) in [6, 6.07) is 5.41. The molecule has 0 radical (unpaired) electrons. The van der Waals surface area contributed by atoms with E-state index in [9.17, 15) is 18.0 Å². The number of hydrogen-bond donors (Lipinski definition) is 1. The number of halogens is 5. The smallest absolute Gasteiger partial charge is 0.349 e. The molecule has 1 amide bonds. The van der Waals surface area contributed by atoms with Crippen molar-refractivity contribution < 1.29 is 18.0 Å². The van der Waals surface area contributed by atoms with E-state index in [1.165, 1.54) is 0 Å². The number of carbonyl (C=O) groups excluding carboxylic acids is 1. The highest BCUT2D eigenvalue weighted by Crippen LogP contribution is 2.28. The molecule has 0 aliphatic heterocycles. The Hall–Kier alpha value is -1.51. The van der Waals surface area contributed by atoms with E-state index in [0.29, 0.717) is 10.0 Å². The minimum atomic E-state index is -4.55. The molecule has 2 rings (SSSR count). The van der Waals surface area contributed by atoms with E-state index in [1.54, 1.807) is 25.1 Å². The molecule has 0 saturated heterocycles. The van der Waals surface area contributed by atoms with E-state index < -0.39 is 11.9 Å². The second kappa shape index (κ2) is 8.25. The molecule has 1 N–H and O–H groups in total. The maximum absolute atomic E-state index is 12.6. The fourth-order valence-electron chi connectivity index (χ4n) is 1.85. The number of benzene rings is 1. The van der Waals surface area contributed by atoms with Crippen LogP contribution in [0.2, 0.25) is 10.0 Å². The zero-order chi connectivity index (χ0) is 18.6. The van der Waals surface area contributed by atoms with Crippen LogP contribution >= 0.6 is 35.0 Å². The first-order valence-electron chi connectivity index (χ1n) is 6.94. The molecule has 25 heavy (non-hydrogen) atoms. The van der Waals surface area contributed by atoms with E-state index in [1.807, 2.05) is 0 Å². The number of rotatable bonds is 5. The summed E-state index contributed by atoms with van der Waals surface area (Å²) in [7, 11) is 0. The van der Waals surface area contributed by atoms with Crippen molar-refractivity contribution in [3.63, 3.8) is 0 Å². The third-order valence-electron chi connectivity index (χ3n) is 3.08. The van der Waals surface area contributed by atoms with Crippen LogP contribution in [0.5, 0.6) is 0 Å². The Bertz CT molecular complexity index is 774. The van der Waals surface area contributed by atoms with Crippen molar-refractivity contribution in [1.29, 1.82) is 0 Å². The summed E-state index contributed by atoms with van der Waals surface area (Å²) in [5.74, 6) is -0.489. The van der Waals surface area contributed by atoms with E-state index in [4.69, 9.17) is 23.2 Å². The molecule has 0 aliphatic rings. The highest BCUT2D eigenvalue weighted by Gasteiger charge is 2.32. The molecule has 10 heteroatoms. The van der Waals surface area contributed by atoms with Gasteiger partial charge in [-0.1, -0.05) is 41.0 Å². The van der Waals surface area contributed by atoms with Crippen LogP contribution in [0.3, 0.4) is 0 Å². The predicted octanol–water partition coefficient (Wildman–Crippen LogP) is 4.77. The average molecular weight is 410 g/mol. The number of aromatic nitrogens is 2. The zero-order valence-corrected chi connectivity index (χ0v) is 15.1. The lowest BCUT2D eigenvalue weighted by Crippen LogP contribution is -2.28. The van der Waals surface area contributed by atoms with Gasteiger partial charge in [0, 0.05) is 6.20 Å². The Balaban J connectivity index is 1.93. The van der Waals surface area contributed by atoms with Gasteiger partial charge >= 0.3 is 6.18 Å². The molecule has 1 atom stereocenters. The summed E-state index contributed by atoms with van der Waals surface area (Å²) in [4.78, 5) is 19.1. The number of hydrogen-bond acceptors (Lipinski definition) is 4. The molecule has 2 aromatic rings. The molecule has 0 saturated carbocycles. The van der Waals surface area contributed by atoms with Crippen molar-refractivity contribution in [3.05, 3.63) is 51.8 Å². The van der Waals surface area contributed by atoms with Gasteiger partial charge in [-0.05, 0) is 30.7 Å². The summed E-state index contributed by atoms with van der Waals surface area (Å²) in [5.41, 5.74) is -0.294. The summed E-state index contributed by atoms with van der Waals surface area (Å²) in [6.07, 6.45) is -3.54. The van der Waals surface area contributed by atoms with Crippen molar-refractivity contribution in [1.82, 2.24) is 15.3 Å². The van der Waals surface area contributed by atoms with Gasteiger partial charge in [-0.3, -0.25) is 4.79 Å². The molecule has 1 aromatic carbocycles. The van der Waals surface area contributed by atoms with E-state index >= 15 is 0 Å². The SMILES string of the molecule is CC(NC(=O)CSc1nccc(C(F)(F)F)n1)c1ccc(Cl)c(Cl)c1. The Kier molecular flexibility index (Phi) is 6.53. The van der Waals surface area contributed by atoms with Gasteiger partial charge < -0.3 is 5.32 Å². The Labute approximate surface area is 156 Å². The first-order valence-corrected chi connectivity index (χ1v) is 8.68. The minimum absolute atomic E-state index is 0.118. The maximum Gasteiger partial charge on any atom is 0.433 e. The van der Waals surface area contributed by atoms with Crippen molar-refractivity contribution >= 4 is 40.9 Å². The number of alkyl halides is 3. The van der Waals surface area contributed by atoms with Crippen molar-refractivity contribution in [2.24, 2.45) is 0 Å². The number of thioether (sulfide) groups is 1. The molecular weight excluding hydrogens is 398 g/mol. The molecular formula is C15H12Cl2F3N3OS. The average Bonchev–Trinajstić information content (AvgIpc) is 2.55. The van der Waals surface area contributed by atoms with Crippen LogP contribution in [-0.4, -0.2) is 21.6 Å². The monoisotopic (exact) mass is 409 g/mol. The Morgan fingerprint density at radius 2 is 2.00 bits per heavy atom. The van der Waals surface area contributed by atoms with Crippen molar-refractivity contribution in [2.45, 2.75) is 24.3 Å². The third-order valence-corrected chi connectivity index (χ3v) is 4.68. The maximum atomic E-state index is 12.6. The Morgan fingerprint density at radius 1 is 1.28 bits per heavy atom. The van der Waals surface area contributed by atoms with Gasteiger partial charge in [-0.25, -0.2) is 9.97 Å². The quantitative estimate of drug-likeness (QED) is 0.570. The van der Waals surface area contributed by atoms with Gasteiger partial charge in [0.2, 0.25) is 5.91 Å². The molecule has 1 unspecified atom stereocenters. The lowest BCUT2D eigenvalue weighted by Gasteiger charge is -2.15. The van der Waals surface area contributed by atoms with Crippen LogP contribution in [0.1, 0.15) is 24.2 Å². The topological polar surface area (TPSA) is 54.9 Å². The summed E-state index contributed by atoms with van der Waals surface area (Å²) in [5, 5.41) is 3.37. The molecule has 0 bridgehead atoms. The lowest BCUT2D eigenvalue weighted by molar-refractivity contribution is -0.141. The number of nitrogens with zero attached hydrogens (tertiary/aromatic N) is 2. The summed E-state index contributed by atoms with van der Waals surface area (Å²) < 4.78 is 37.8. The summed E-state index contributed by atoms with van der Waals surface area (Å²) >= 11 is 12.6. The standard InChI is InChI=1S/C15H12Cl2F3N3OS/c1-8(9-2-3-10(16)11(17)6-9)22-13(24)7-25-14-21-5-4-12(23-14)15(18,19)20/h2-6,8H,7H2,1H3,(H,22,24). The molecule has 134 valence electrons. The van der Waals surface area contributed by atoms with Crippen LogP contribution < -0.4 is 5.32 Å². The highest BCUT2D eigenvalue weighted by molar-refractivity contribution is 7.99. The Morgan fingerprint density at radius 3 is 2.64 bits per heavy atom. The fourth-order valence-corrected chi connectivity index (χ4v) is 2.79. The third kappa shape index (κ3) is 5.76. The van der Waals surface area contributed by atoms with Gasteiger partial charge in [-0.2, -0.15) is 13.2 Å². The highest BCUT2D eigenvalue weighted by atomic mass is 35.5. The van der Waals surface area contributed by atoms with Crippen LogP contribution in [0, 0.1) is 0 Å². The second-order valence-corrected chi connectivity index (χ2v) is 6.73. The molecule has 1 aromatic heterocycles. The first kappa shape index (κ1) is 19.8. The van der Waals surface area contributed by atoms with Gasteiger partial charge in [-0.15, -0.1) is 0 Å². The number of carbonyl (C=O) groups is 1. The number of amides is 1. The molecule has 0 aliphatic carbocycles. The van der Waals surface area contributed by atoms with Crippen LogP contribution in [0.25, 0.3) is 0 Å². The molecule has 0 fully saturated rings. The van der Waals surface area contributed by atoms with Crippen LogP contribution in [0.15, 0.2) is 35.6 Å². The lowest BCUT2D eigenvalue weighted by atomic mass is 10.1. The van der Waals surface area contributed by atoms with E-state index in [2.05, 4.69) is 15.3 Å².